The van der Waals surface area contributed by atoms with E-state index in [0.717, 1.165) is 18.5 Å². The van der Waals surface area contributed by atoms with E-state index in [1.807, 2.05) is 6.07 Å². The molecule has 0 fully saturated rings. The Bertz CT molecular complexity index is 471. The van der Waals surface area contributed by atoms with Gasteiger partial charge in [0.15, 0.2) is 0 Å². The van der Waals surface area contributed by atoms with Gasteiger partial charge in [-0.15, -0.1) is 0 Å². The summed E-state index contributed by atoms with van der Waals surface area (Å²) in [4.78, 5) is 0. The van der Waals surface area contributed by atoms with E-state index in [1.54, 1.807) is 6.07 Å². The lowest BCUT2D eigenvalue weighted by molar-refractivity contribution is 0.415. The Balaban J connectivity index is 1.98. The van der Waals surface area contributed by atoms with Gasteiger partial charge >= 0.3 is 0 Å². The maximum absolute atomic E-state index is 6.25. The Kier molecular flexibility index (Phi) is 5.58. The molecular formula is C15H18Cl3N. The molecule has 0 heterocycles. The zero-order valence-corrected chi connectivity index (χ0v) is 13.2. The van der Waals surface area contributed by atoms with Crippen LogP contribution in [0.5, 0.6) is 0 Å². The second-order valence-corrected chi connectivity index (χ2v) is 6.21. The van der Waals surface area contributed by atoms with E-state index >= 15 is 0 Å². The first-order chi connectivity index (χ1) is 9.09. The summed E-state index contributed by atoms with van der Waals surface area (Å²) in [5.74, 6) is 0.717. The van der Waals surface area contributed by atoms with Gasteiger partial charge in [-0.25, -0.2) is 0 Å². The van der Waals surface area contributed by atoms with Crippen LogP contribution in [0.4, 0.5) is 0 Å². The lowest BCUT2D eigenvalue weighted by Crippen LogP contribution is -2.26. The second-order valence-electron chi connectivity index (χ2n) is 5.04. The molecule has 2 unspecified atom stereocenters. The predicted octanol–water partition coefficient (Wildman–Crippen LogP) is 5.65. The molecule has 1 aromatic carbocycles. The molecule has 0 amide bonds. The summed E-state index contributed by atoms with van der Waals surface area (Å²) in [6, 6.07) is 3.91. The van der Waals surface area contributed by atoms with Crippen molar-refractivity contribution < 1.29 is 0 Å². The van der Waals surface area contributed by atoms with Crippen molar-refractivity contribution in [3.63, 3.8) is 0 Å². The number of hydrogen-bond donors (Lipinski definition) is 1. The summed E-state index contributed by atoms with van der Waals surface area (Å²) in [7, 11) is 0. The van der Waals surface area contributed by atoms with Gasteiger partial charge in [-0.3, -0.25) is 0 Å². The smallest absolute Gasteiger partial charge is 0.0781 e. The van der Waals surface area contributed by atoms with E-state index in [-0.39, 0.29) is 6.04 Å². The van der Waals surface area contributed by atoms with Gasteiger partial charge in [0.2, 0.25) is 0 Å². The fourth-order valence-electron chi connectivity index (χ4n) is 2.37. The standard InChI is InChI=1S/C15H18Cl3N/c1-10(19-9-11-5-3-2-4-6-11)12-7-8-13(16)15(18)14(12)17/h2-3,7-8,10-11,19H,4-6,9H2,1H3. The average molecular weight is 319 g/mol. The van der Waals surface area contributed by atoms with E-state index in [1.165, 1.54) is 12.8 Å². The first-order valence-electron chi connectivity index (χ1n) is 6.61. The van der Waals surface area contributed by atoms with Crippen LogP contribution in [0.25, 0.3) is 0 Å². The molecule has 0 spiro atoms. The van der Waals surface area contributed by atoms with Crippen molar-refractivity contribution in [3.05, 3.63) is 44.9 Å². The Morgan fingerprint density at radius 3 is 2.68 bits per heavy atom. The Morgan fingerprint density at radius 2 is 2.00 bits per heavy atom. The van der Waals surface area contributed by atoms with Gasteiger partial charge < -0.3 is 5.32 Å². The summed E-state index contributed by atoms with van der Waals surface area (Å²) >= 11 is 18.3. The molecule has 2 rings (SSSR count). The highest BCUT2D eigenvalue weighted by molar-refractivity contribution is 6.48. The zero-order chi connectivity index (χ0) is 13.8. The highest BCUT2D eigenvalue weighted by Crippen LogP contribution is 2.35. The third-order valence-corrected chi connectivity index (χ3v) is 4.93. The minimum atomic E-state index is 0.174. The van der Waals surface area contributed by atoms with E-state index in [2.05, 4.69) is 24.4 Å². The van der Waals surface area contributed by atoms with Crippen molar-refractivity contribution in [2.45, 2.75) is 32.2 Å². The largest absolute Gasteiger partial charge is 0.310 e. The van der Waals surface area contributed by atoms with Crippen LogP contribution < -0.4 is 5.32 Å². The highest BCUT2D eigenvalue weighted by Gasteiger charge is 2.16. The van der Waals surface area contributed by atoms with Crippen molar-refractivity contribution in [1.29, 1.82) is 0 Å². The molecule has 1 aliphatic carbocycles. The van der Waals surface area contributed by atoms with Crippen LogP contribution in [0.1, 0.15) is 37.8 Å². The minimum absolute atomic E-state index is 0.174. The van der Waals surface area contributed by atoms with Gasteiger partial charge in [-0.2, -0.15) is 0 Å². The molecule has 0 bridgehead atoms. The number of rotatable bonds is 4. The number of nitrogens with one attached hydrogen (secondary N) is 1. The number of hydrogen-bond acceptors (Lipinski definition) is 1. The molecule has 2 atom stereocenters. The van der Waals surface area contributed by atoms with Gasteiger partial charge in [0, 0.05) is 6.04 Å². The fourth-order valence-corrected chi connectivity index (χ4v) is 3.08. The minimum Gasteiger partial charge on any atom is -0.310 e. The van der Waals surface area contributed by atoms with Gasteiger partial charge in [0.05, 0.1) is 15.1 Å². The maximum atomic E-state index is 6.25. The topological polar surface area (TPSA) is 12.0 Å². The monoisotopic (exact) mass is 317 g/mol. The molecule has 0 aliphatic heterocycles. The molecule has 0 saturated carbocycles. The summed E-state index contributed by atoms with van der Waals surface area (Å²) in [6.45, 7) is 3.10. The van der Waals surface area contributed by atoms with E-state index in [9.17, 15) is 0 Å². The molecule has 1 N–H and O–H groups in total. The van der Waals surface area contributed by atoms with Crippen LogP contribution in [-0.4, -0.2) is 6.54 Å². The van der Waals surface area contributed by atoms with Crippen molar-refractivity contribution in [1.82, 2.24) is 5.32 Å². The predicted molar refractivity (Wildman–Crippen MR) is 84.4 cm³/mol. The van der Waals surface area contributed by atoms with E-state index in [4.69, 9.17) is 34.8 Å². The SMILES string of the molecule is CC(NCC1CC=CCC1)c1ccc(Cl)c(Cl)c1Cl. The summed E-state index contributed by atoms with van der Waals surface area (Å²) in [6.07, 6.45) is 8.14. The fraction of sp³-hybridized carbons (Fsp3) is 0.467. The molecule has 19 heavy (non-hydrogen) atoms. The average Bonchev–Trinajstić information content (AvgIpc) is 2.43. The van der Waals surface area contributed by atoms with Crippen LogP contribution >= 0.6 is 34.8 Å². The third-order valence-electron chi connectivity index (χ3n) is 3.62. The second kappa shape index (κ2) is 6.99. The van der Waals surface area contributed by atoms with Gasteiger partial charge in [-0.05, 0) is 50.3 Å². The van der Waals surface area contributed by atoms with Crippen LogP contribution in [0.3, 0.4) is 0 Å². The van der Waals surface area contributed by atoms with Crippen LogP contribution in [0.2, 0.25) is 15.1 Å². The molecule has 0 saturated heterocycles. The lowest BCUT2D eigenvalue weighted by Gasteiger charge is -2.22. The van der Waals surface area contributed by atoms with Gasteiger partial charge in [-0.1, -0.05) is 53.0 Å². The van der Waals surface area contributed by atoms with Crippen molar-refractivity contribution in [3.8, 4) is 0 Å². The summed E-state index contributed by atoms with van der Waals surface area (Å²) in [5.41, 5.74) is 1.00. The first kappa shape index (κ1) is 15.2. The quantitative estimate of drug-likeness (QED) is 0.558. The molecule has 104 valence electrons. The summed E-state index contributed by atoms with van der Waals surface area (Å²) < 4.78 is 0. The molecule has 0 radical (unpaired) electrons. The molecule has 4 heteroatoms. The molecule has 0 aromatic heterocycles. The molecule has 1 aromatic rings. The van der Waals surface area contributed by atoms with Crippen molar-refractivity contribution in [2.24, 2.45) is 5.92 Å². The van der Waals surface area contributed by atoms with E-state index < -0.39 is 0 Å². The summed E-state index contributed by atoms with van der Waals surface area (Å²) in [5, 5.41) is 5.03. The Hall–Kier alpha value is -0.210. The van der Waals surface area contributed by atoms with Crippen molar-refractivity contribution in [2.75, 3.05) is 6.54 Å². The Labute approximate surface area is 129 Å². The number of allylic oxidation sites excluding steroid dienone is 2. The van der Waals surface area contributed by atoms with Crippen molar-refractivity contribution >= 4 is 34.8 Å². The van der Waals surface area contributed by atoms with Gasteiger partial charge in [0.1, 0.15) is 0 Å². The van der Waals surface area contributed by atoms with Crippen LogP contribution in [0, 0.1) is 5.92 Å². The molecule has 1 nitrogen and oxygen atoms in total. The number of halogens is 3. The number of benzene rings is 1. The maximum Gasteiger partial charge on any atom is 0.0781 e. The first-order valence-corrected chi connectivity index (χ1v) is 7.74. The lowest BCUT2D eigenvalue weighted by atomic mass is 9.94. The third kappa shape index (κ3) is 3.88. The van der Waals surface area contributed by atoms with Gasteiger partial charge in [0.25, 0.3) is 0 Å². The molecular weight excluding hydrogens is 301 g/mol. The Morgan fingerprint density at radius 1 is 1.21 bits per heavy atom. The van der Waals surface area contributed by atoms with Crippen LogP contribution in [0.15, 0.2) is 24.3 Å². The molecule has 1 aliphatic rings. The zero-order valence-electron chi connectivity index (χ0n) is 10.9. The highest BCUT2D eigenvalue weighted by atomic mass is 35.5. The van der Waals surface area contributed by atoms with Crippen LogP contribution in [-0.2, 0) is 0 Å². The van der Waals surface area contributed by atoms with E-state index in [0.29, 0.717) is 21.0 Å². The normalized spacial score (nSPS) is 20.5.